The summed E-state index contributed by atoms with van der Waals surface area (Å²) in [5, 5.41) is 11.1. The minimum Gasteiger partial charge on any atom is -0.497 e. The van der Waals surface area contributed by atoms with E-state index in [0.717, 1.165) is 17.7 Å². The third-order valence-electron chi connectivity index (χ3n) is 6.23. The molecule has 1 fully saturated rings. The van der Waals surface area contributed by atoms with Gasteiger partial charge in [-0.05, 0) is 53.9 Å². The van der Waals surface area contributed by atoms with Crippen LogP contribution in [0, 0.1) is 17.3 Å². The van der Waals surface area contributed by atoms with Crippen LogP contribution in [-0.2, 0) is 11.3 Å². The van der Waals surface area contributed by atoms with Crippen LogP contribution in [0.1, 0.15) is 53.0 Å². The zero-order chi connectivity index (χ0) is 25.0. The maximum atomic E-state index is 11.1. The van der Waals surface area contributed by atoms with Crippen LogP contribution in [0.3, 0.4) is 0 Å². The van der Waals surface area contributed by atoms with E-state index >= 15 is 0 Å². The Labute approximate surface area is 216 Å². The second-order valence-corrected chi connectivity index (χ2v) is 12.8. The molecule has 0 radical (unpaired) electrons. The fraction of sp³-hybridized carbons (Fsp3) is 0.586. The summed E-state index contributed by atoms with van der Waals surface area (Å²) in [4.78, 5) is 0. The molecule has 1 heterocycles. The van der Waals surface area contributed by atoms with E-state index in [-0.39, 0.29) is 6.10 Å². The summed E-state index contributed by atoms with van der Waals surface area (Å²) < 4.78 is 12.4. The van der Waals surface area contributed by atoms with Crippen molar-refractivity contribution >= 4 is 23.5 Å². The molecule has 1 aliphatic heterocycles. The van der Waals surface area contributed by atoms with Crippen molar-refractivity contribution in [2.45, 2.75) is 70.9 Å². The molecule has 1 aliphatic rings. The molecule has 0 spiro atoms. The number of ether oxygens (including phenoxy) is 2. The highest BCUT2D eigenvalue weighted by molar-refractivity contribution is 8.17. The van der Waals surface area contributed by atoms with Gasteiger partial charge in [0.15, 0.2) is 0 Å². The number of aliphatic hydroxyl groups excluding tert-OH is 1. The number of thioether (sulfide) groups is 2. The minimum atomic E-state index is -0.606. The van der Waals surface area contributed by atoms with Crippen LogP contribution in [0.5, 0.6) is 5.75 Å². The first-order chi connectivity index (χ1) is 16.2. The van der Waals surface area contributed by atoms with Crippen molar-refractivity contribution in [3.63, 3.8) is 0 Å². The Morgan fingerprint density at radius 1 is 1.00 bits per heavy atom. The molecule has 1 N–H and O–H groups in total. The SMILES string of the molecule is COc1ccc(CO[C@H](C[C@@H](C)C2SCCCS2)C(C)(C)C(O)/C=C/C=C/C=C/C(C)C)cc1. The quantitative estimate of drug-likeness (QED) is 0.281. The van der Waals surface area contributed by atoms with E-state index in [1.54, 1.807) is 7.11 Å². The summed E-state index contributed by atoms with van der Waals surface area (Å²) in [6.07, 6.45) is 13.5. The molecule has 0 bridgehead atoms. The molecule has 2 rings (SSSR count). The van der Waals surface area contributed by atoms with Gasteiger partial charge >= 0.3 is 0 Å². The maximum absolute atomic E-state index is 11.1. The maximum Gasteiger partial charge on any atom is 0.118 e. The molecular weight excluding hydrogens is 460 g/mol. The topological polar surface area (TPSA) is 38.7 Å². The molecule has 34 heavy (non-hydrogen) atoms. The first-order valence-corrected chi connectivity index (χ1v) is 14.5. The summed E-state index contributed by atoms with van der Waals surface area (Å²) in [7, 11) is 1.68. The number of methoxy groups -OCH3 is 1. The predicted octanol–water partition coefficient (Wildman–Crippen LogP) is 7.51. The summed E-state index contributed by atoms with van der Waals surface area (Å²) in [6, 6.07) is 8.03. The number of benzene rings is 1. The number of rotatable bonds is 13. The van der Waals surface area contributed by atoms with Gasteiger partial charge in [-0.1, -0.05) is 83.2 Å². The number of hydrogen-bond acceptors (Lipinski definition) is 5. The van der Waals surface area contributed by atoms with Crippen LogP contribution in [0.2, 0.25) is 0 Å². The highest BCUT2D eigenvalue weighted by Crippen LogP contribution is 2.41. The number of aliphatic hydroxyl groups is 1. The lowest BCUT2D eigenvalue weighted by Crippen LogP contribution is -2.42. The van der Waals surface area contributed by atoms with Crippen molar-refractivity contribution in [1.29, 1.82) is 0 Å². The van der Waals surface area contributed by atoms with Crippen LogP contribution in [-0.4, -0.2) is 40.5 Å². The van der Waals surface area contributed by atoms with E-state index in [1.165, 1.54) is 17.9 Å². The molecule has 1 aromatic rings. The van der Waals surface area contributed by atoms with E-state index in [1.807, 2.05) is 48.6 Å². The molecule has 0 amide bonds. The van der Waals surface area contributed by atoms with Crippen molar-refractivity contribution in [3.05, 3.63) is 66.3 Å². The largest absolute Gasteiger partial charge is 0.497 e. The van der Waals surface area contributed by atoms with Gasteiger partial charge < -0.3 is 14.6 Å². The zero-order valence-electron chi connectivity index (χ0n) is 21.8. The zero-order valence-corrected chi connectivity index (χ0v) is 23.4. The van der Waals surface area contributed by atoms with Crippen LogP contribution < -0.4 is 4.74 Å². The Morgan fingerprint density at radius 3 is 2.21 bits per heavy atom. The van der Waals surface area contributed by atoms with Gasteiger partial charge in [0.05, 0.1) is 30.5 Å². The third kappa shape index (κ3) is 9.85. The van der Waals surface area contributed by atoms with E-state index < -0.39 is 11.5 Å². The molecule has 0 aliphatic carbocycles. The Bertz CT molecular complexity index is 777. The minimum absolute atomic E-state index is 0.0720. The Kier molecular flexibility index (Phi) is 12.9. The molecule has 5 heteroatoms. The third-order valence-corrected chi connectivity index (χ3v) is 9.68. The average Bonchev–Trinajstić information content (AvgIpc) is 2.84. The average molecular weight is 505 g/mol. The van der Waals surface area contributed by atoms with Crippen LogP contribution in [0.4, 0.5) is 0 Å². The fourth-order valence-corrected chi connectivity index (χ4v) is 6.92. The van der Waals surface area contributed by atoms with Gasteiger partial charge in [0.2, 0.25) is 0 Å². The molecule has 3 atom stereocenters. The van der Waals surface area contributed by atoms with Crippen LogP contribution in [0.15, 0.2) is 60.7 Å². The van der Waals surface area contributed by atoms with E-state index in [9.17, 15) is 5.11 Å². The summed E-state index contributed by atoms with van der Waals surface area (Å²) in [6.45, 7) is 11.4. The number of allylic oxidation sites excluding steroid dienone is 5. The van der Waals surface area contributed by atoms with E-state index in [2.05, 4.69) is 70.3 Å². The molecular formula is C29H44O3S2. The van der Waals surface area contributed by atoms with Gasteiger partial charge in [-0.25, -0.2) is 0 Å². The van der Waals surface area contributed by atoms with Gasteiger partial charge in [-0.3, -0.25) is 0 Å². The summed E-state index contributed by atoms with van der Waals surface area (Å²) >= 11 is 4.15. The predicted molar refractivity (Wildman–Crippen MR) is 151 cm³/mol. The normalized spacial score (nSPS) is 18.8. The highest BCUT2D eigenvalue weighted by Gasteiger charge is 2.38. The smallest absolute Gasteiger partial charge is 0.118 e. The fourth-order valence-electron chi connectivity index (χ4n) is 3.81. The monoisotopic (exact) mass is 504 g/mol. The molecule has 1 aromatic carbocycles. The molecule has 1 saturated heterocycles. The van der Waals surface area contributed by atoms with E-state index in [4.69, 9.17) is 9.47 Å². The first-order valence-electron chi connectivity index (χ1n) is 12.4. The molecule has 3 nitrogen and oxygen atoms in total. The van der Waals surface area contributed by atoms with Crippen LogP contribution in [0.25, 0.3) is 0 Å². The first kappa shape index (κ1) is 29.1. The van der Waals surface area contributed by atoms with Crippen LogP contribution >= 0.6 is 23.5 Å². The Balaban J connectivity index is 2.10. The standard InChI is InChI=1S/C29H44O3S2/c1-22(2)12-9-7-8-10-13-26(30)29(4,5)27(20-23(3)28-33-18-11-19-34-28)32-21-24-14-16-25(31-6)17-15-24/h7-10,12-17,22-23,26-28,30H,11,18-21H2,1-6H3/b8-7+,12-9+,13-10+/t23-,26?,27-/m1/s1. The van der Waals surface area contributed by atoms with Crippen molar-refractivity contribution in [3.8, 4) is 5.75 Å². The second kappa shape index (κ2) is 15.1. The highest BCUT2D eigenvalue weighted by atomic mass is 32.2. The van der Waals surface area contributed by atoms with Gasteiger partial charge in [0.25, 0.3) is 0 Å². The van der Waals surface area contributed by atoms with Crippen molar-refractivity contribution < 1.29 is 14.6 Å². The van der Waals surface area contributed by atoms with Crippen molar-refractivity contribution in [2.75, 3.05) is 18.6 Å². The molecule has 0 aromatic heterocycles. The van der Waals surface area contributed by atoms with Gasteiger partial charge in [0.1, 0.15) is 5.75 Å². The molecule has 190 valence electrons. The Morgan fingerprint density at radius 2 is 1.62 bits per heavy atom. The number of hydrogen-bond donors (Lipinski definition) is 1. The van der Waals surface area contributed by atoms with Crippen molar-refractivity contribution in [2.24, 2.45) is 17.3 Å². The molecule has 0 saturated carbocycles. The summed E-state index contributed by atoms with van der Waals surface area (Å²) in [5.41, 5.74) is 0.684. The van der Waals surface area contributed by atoms with Gasteiger partial charge in [0, 0.05) is 5.41 Å². The lowest BCUT2D eigenvalue weighted by Gasteiger charge is -2.40. The second-order valence-electron chi connectivity index (χ2n) is 9.99. The summed E-state index contributed by atoms with van der Waals surface area (Å²) in [5.74, 6) is 4.37. The van der Waals surface area contributed by atoms with Crippen molar-refractivity contribution in [1.82, 2.24) is 0 Å². The van der Waals surface area contributed by atoms with E-state index in [0.29, 0.717) is 23.0 Å². The lowest BCUT2D eigenvalue weighted by atomic mass is 9.77. The van der Waals surface area contributed by atoms with Gasteiger partial charge in [-0.15, -0.1) is 23.5 Å². The lowest BCUT2D eigenvalue weighted by molar-refractivity contribution is -0.0863. The Hall–Kier alpha value is -1.14. The van der Waals surface area contributed by atoms with Gasteiger partial charge in [-0.2, -0.15) is 0 Å². The molecule has 1 unspecified atom stereocenters.